The van der Waals surface area contributed by atoms with E-state index in [0.29, 0.717) is 36.0 Å². The van der Waals surface area contributed by atoms with Crippen LogP contribution in [-0.4, -0.2) is 41.5 Å². The van der Waals surface area contributed by atoms with Gasteiger partial charge in [-0.15, -0.1) is 0 Å². The molecule has 172 valence electrons. The molecule has 4 aliphatic carbocycles. The molecular weight excluding hydrogens is 378 g/mol. The summed E-state index contributed by atoms with van der Waals surface area (Å²) in [6.45, 7) is 6.94. The molecule has 4 fully saturated rings. The molecule has 0 bridgehead atoms. The SMILES string of the molecule is COC(=O)CCC(C)C1CCC2C3C(C[C@H](O)[C@]12C)[C@@]1(C)CC[C@H](N)C[C@H]1C[C@H]3O. The van der Waals surface area contributed by atoms with Crippen LogP contribution >= 0.6 is 0 Å². The van der Waals surface area contributed by atoms with Crippen molar-refractivity contribution >= 4 is 5.97 Å². The molecule has 0 aliphatic heterocycles. The highest BCUT2D eigenvalue weighted by Crippen LogP contribution is 2.68. The molecule has 0 radical (unpaired) electrons. The number of aliphatic hydroxyl groups excluding tert-OH is 2. The van der Waals surface area contributed by atoms with Gasteiger partial charge in [0.25, 0.3) is 0 Å². The maximum Gasteiger partial charge on any atom is 0.305 e. The Bertz CT molecular complexity index is 655. The normalized spacial score (nSPS) is 51.4. The van der Waals surface area contributed by atoms with Gasteiger partial charge in [-0.1, -0.05) is 20.8 Å². The number of carbonyl (C=O) groups excluding carboxylic acids is 1. The van der Waals surface area contributed by atoms with Crippen molar-refractivity contribution in [2.45, 2.75) is 96.8 Å². The Balaban J connectivity index is 1.58. The number of fused-ring (bicyclic) bond motifs is 5. The maximum atomic E-state index is 11.7. The Kier molecular flexibility index (Phi) is 6.04. The lowest BCUT2D eigenvalue weighted by Crippen LogP contribution is -2.62. The summed E-state index contributed by atoms with van der Waals surface area (Å²) in [5.41, 5.74) is 6.31. The first-order valence-corrected chi connectivity index (χ1v) is 12.3. The van der Waals surface area contributed by atoms with Crippen molar-refractivity contribution in [2.75, 3.05) is 7.11 Å². The number of ether oxygens (including phenoxy) is 1. The highest BCUT2D eigenvalue weighted by molar-refractivity contribution is 5.69. The summed E-state index contributed by atoms with van der Waals surface area (Å²) >= 11 is 0. The molecule has 0 spiro atoms. The van der Waals surface area contributed by atoms with E-state index in [1.165, 1.54) is 7.11 Å². The molecule has 5 heteroatoms. The number of carbonyl (C=O) groups is 1. The number of aliphatic hydroxyl groups is 2. The highest BCUT2D eigenvalue weighted by atomic mass is 16.5. The second-order valence-electron chi connectivity index (χ2n) is 11.7. The molecule has 4 rings (SSSR count). The Morgan fingerprint density at radius 1 is 1.13 bits per heavy atom. The van der Waals surface area contributed by atoms with Gasteiger partial charge in [0.15, 0.2) is 0 Å². The van der Waals surface area contributed by atoms with Gasteiger partial charge in [0.05, 0.1) is 19.3 Å². The number of hydrogen-bond acceptors (Lipinski definition) is 5. The molecule has 4 N–H and O–H groups in total. The third kappa shape index (κ3) is 3.34. The summed E-state index contributed by atoms with van der Waals surface area (Å²) in [6, 6.07) is 0.261. The van der Waals surface area contributed by atoms with E-state index in [1.807, 2.05) is 0 Å². The van der Waals surface area contributed by atoms with Crippen molar-refractivity contribution in [3.63, 3.8) is 0 Å². The monoisotopic (exact) mass is 421 g/mol. The molecular formula is C25H43NO4. The van der Waals surface area contributed by atoms with Gasteiger partial charge in [0.2, 0.25) is 0 Å². The third-order valence-electron chi connectivity index (χ3n) is 10.6. The second-order valence-corrected chi connectivity index (χ2v) is 11.7. The Hall–Kier alpha value is -0.650. The zero-order valence-electron chi connectivity index (χ0n) is 19.3. The molecule has 4 saturated carbocycles. The van der Waals surface area contributed by atoms with E-state index >= 15 is 0 Å². The van der Waals surface area contributed by atoms with Crippen LogP contribution in [0.25, 0.3) is 0 Å². The first kappa shape index (κ1) is 22.5. The average molecular weight is 422 g/mol. The molecule has 0 aromatic carbocycles. The van der Waals surface area contributed by atoms with Crippen LogP contribution in [0.4, 0.5) is 0 Å². The Morgan fingerprint density at radius 2 is 1.87 bits per heavy atom. The fraction of sp³-hybridized carbons (Fsp3) is 0.960. The van der Waals surface area contributed by atoms with Gasteiger partial charge in [-0.05, 0) is 97.7 Å². The number of rotatable bonds is 4. The average Bonchev–Trinajstić information content (AvgIpc) is 3.06. The molecule has 4 aliphatic rings. The Labute approximate surface area is 182 Å². The highest BCUT2D eigenvalue weighted by Gasteiger charge is 2.65. The summed E-state index contributed by atoms with van der Waals surface area (Å²) in [6.07, 6.45) is 7.69. The van der Waals surface area contributed by atoms with Crippen LogP contribution in [0.15, 0.2) is 0 Å². The molecule has 0 saturated heterocycles. The zero-order chi connectivity index (χ0) is 21.8. The van der Waals surface area contributed by atoms with E-state index in [-0.39, 0.29) is 41.0 Å². The van der Waals surface area contributed by atoms with E-state index in [4.69, 9.17) is 10.5 Å². The van der Waals surface area contributed by atoms with Crippen molar-refractivity contribution in [1.29, 1.82) is 0 Å². The van der Waals surface area contributed by atoms with Crippen molar-refractivity contribution in [1.82, 2.24) is 0 Å². The van der Waals surface area contributed by atoms with Gasteiger partial charge in [0, 0.05) is 12.5 Å². The van der Waals surface area contributed by atoms with Crippen LogP contribution in [0.1, 0.15) is 78.6 Å². The standard InChI is InChI=1S/C25H43NO4/c1-14(5-8-22(29)30-4)17-6-7-18-23-19(13-21(28)25(17,18)3)24(2)10-9-16(26)11-15(24)12-20(23)27/h14-21,23,27-28H,5-13,26H2,1-4H3/t14?,15-,16-,17?,18?,19?,20+,21-,23?,24-,25+/m0/s1. The van der Waals surface area contributed by atoms with Crippen LogP contribution in [-0.2, 0) is 9.53 Å². The van der Waals surface area contributed by atoms with Gasteiger partial charge in [-0.2, -0.15) is 0 Å². The number of hydrogen-bond donors (Lipinski definition) is 3. The van der Waals surface area contributed by atoms with Crippen LogP contribution in [0.2, 0.25) is 0 Å². The van der Waals surface area contributed by atoms with E-state index in [1.54, 1.807) is 0 Å². The van der Waals surface area contributed by atoms with Crippen molar-refractivity contribution in [3.8, 4) is 0 Å². The third-order valence-corrected chi connectivity index (χ3v) is 10.6. The minimum absolute atomic E-state index is 0.150. The van der Waals surface area contributed by atoms with Crippen molar-refractivity contribution in [2.24, 2.45) is 52.1 Å². The minimum atomic E-state index is -0.338. The molecule has 11 atom stereocenters. The van der Waals surface area contributed by atoms with Crippen LogP contribution in [0.5, 0.6) is 0 Å². The summed E-state index contributed by atoms with van der Waals surface area (Å²) in [5, 5.41) is 22.9. The number of nitrogens with two attached hydrogens (primary N) is 1. The van der Waals surface area contributed by atoms with Gasteiger partial charge < -0.3 is 20.7 Å². The van der Waals surface area contributed by atoms with Crippen molar-refractivity contribution in [3.05, 3.63) is 0 Å². The molecule has 0 aromatic rings. The summed E-state index contributed by atoms with van der Waals surface area (Å²) in [4.78, 5) is 11.7. The van der Waals surface area contributed by atoms with Crippen LogP contribution < -0.4 is 5.73 Å². The second kappa shape index (κ2) is 8.04. The largest absolute Gasteiger partial charge is 0.469 e. The van der Waals surface area contributed by atoms with E-state index in [9.17, 15) is 15.0 Å². The topological polar surface area (TPSA) is 92.8 Å². The van der Waals surface area contributed by atoms with E-state index in [2.05, 4.69) is 20.8 Å². The lowest BCUT2D eigenvalue weighted by molar-refractivity contribution is -0.202. The zero-order valence-corrected chi connectivity index (χ0v) is 19.3. The van der Waals surface area contributed by atoms with Crippen molar-refractivity contribution < 1.29 is 19.7 Å². The molecule has 0 amide bonds. The number of esters is 1. The van der Waals surface area contributed by atoms with Crippen LogP contribution in [0, 0.1) is 46.3 Å². The summed E-state index contributed by atoms with van der Waals surface area (Å²) in [7, 11) is 1.45. The Morgan fingerprint density at radius 3 is 2.57 bits per heavy atom. The number of methoxy groups -OCH3 is 1. The van der Waals surface area contributed by atoms with Gasteiger partial charge in [-0.25, -0.2) is 0 Å². The predicted octanol–water partition coefficient (Wildman–Crippen LogP) is 3.50. The van der Waals surface area contributed by atoms with Gasteiger partial charge >= 0.3 is 5.97 Å². The van der Waals surface area contributed by atoms with E-state index < -0.39 is 0 Å². The molecule has 0 heterocycles. The lowest BCUT2D eigenvalue weighted by Gasteiger charge is -2.63. The lowest BCUT2D eigenvalue weighted by atomic mass is 9.43. The van der Waals surface area contributed by atoms with E-state index in [0.717, 1.165) is 51.4 Å². The quantitative estimate of drug-likeness (QED) is 0.604. The maximum absolute atomic E-state index is 11.7. The minimum Gasteiger partial charge on any atom is -0.469 e. The predicted molar refractivity (Wildman–Crippen MR) is 116 cm³/mol. The van der Waals surface area contributed by atoms with Crippen LogP contribution in [0.3, 0.4) is 0 Å². The first-order valence-electron chi connectivity index (χ1n) is 12.3. The smallest absolute Gasteiger partial charge is 0.305 e. The first-order chi connectivity index (χ1) is 14.1. The fourth-order valence-corrected chi connectivity index (χ4v) is 8.84. The fourth-order valence-electron chi connectivity index (χ4n) is 8.84. The van der Waals surface area contributed by atoms with Gasteiger partial charge in [0.1, 0.15) is 0 Å². The summed E-state index contributed by atoms with van der Waals surface area (Å²) < 4.78 is 4.84. The molecule has 5 nitrogen and oxygen atoms in total. The summed E-state index contributed by atoms with van der Waals surface area (Å²) in [5.74, 6) is 2.11. The molecule has 30 heavy (non-hydrogen) atoms. The molecule has 5 unspecified atom stereocenters. The molecule has 0 aromatic heterocycles. The van der Waals surface area contributed by atoms with Gasteiger partial charge in [-0.3, -0.25) is 4.79 Å².